The molecule has 0 aliphatic carbocycles. The second kappa shape index (κ2) is 8.58. The standard InChI is InChI=1S/C23H26N6O2/c1-15-17(13-29-6-8-31-9-7-29)11-24-12-18(15)20-10-21(28-27-20)23-25-19-5-3-4-16(14-30-2)22(19)26-23/h3-5,10-12H,6-9,13-14H2,1-2H3,(H,25,26)(H,27,28). The number of imidazole rings is 1. The van der Waals surface area contributed by atoms with E-state index in [1.165, 1.54) is 11.1 Å². The highest BCUT2D eigenvalue weighted by Crippen LogP contribution is 2.28. The van der Waals surface area contributed by atoms with Gasteiger partial charge in [-0.2, -0.15) is 5.10 Å². The molecule has 3 aromatic heterocycles. The van der Waals surface area contributed by atoms with Crippen LogP contribution < -0.4 is 0 Å². The molecule has 1 aromatic carbocycles. The smallest absolute Gasteiger partial charge is 0.156 e. The van der Waals surface area contributed by atoms with Crippen LogP contribution >= 0.6 is 0 Å². The number of aromatic nitrogens is 5. The molecular weight excluding hydrogens is 392 g/mol. The van der Waals surface area contributed by atoms with E-state index in [4.69, 9.17) is 14.5 Å². The van der Waals surface area contributed by atoms with Crippen molar-refractivity contribution in [2.24, 2.45) is 0 Å². The highest BCUT2D eigenvalue weighted by molar-refractivity contribution is 5.82. The highest BCUT2D eigenvalue weighted by atomic mass is 16.5. The molecular formula is C23H26N6O2. The first-order valence-corrected chi connectivity index (χ1v) is 10.5. The lowest BCUT2D eigenvalue weighted by molar-refractivity contribution is 0.0341. The molecule has 8 nitrogen and oxygen atoms in total. The van der Waals surface area contributed by atoms with Gasteiger partial charge in [0.05, 0.1) is 36.5 Å². The SMILES string of the molecule is COCc1cccc2[nH]c(-c3cc(-c4cncc(CN5CCOCC5)c4C)n[nH]3)nc12. The predicted octanol–water partition coefficient (Wildman–Crippen LogP) is 3.30. The van der Waals surface area contributed by atoms with Crippen LogP contribution in [0.15, 0.2) is 36.7 Å². The lowest BCUT2D eigenvalue weighted by Crippen LogP contribution is -2.35. The molecule has 8 heteroatoms. The van der Waals surface area contributed by atoms with E-state index in [9.17, 15) is 0 Å². The largest absolute Gasteiger partial charge is 0.380 e. The molecule has 2 N–H and O–H groups in total. The first kappa shape index (κ1) is 19.9. The van der Waals surface area contributed by atoms with Crippen molar-refractivity contribution in [2.75, 3.05) is 33.4 Å². The lowest BCUT2D eigenvalue weighted by atomic mass is 10.0. The Labute approximate surface area is 180 Å². The third-order valence-corrected chi connectivity index (χ3v) is 5.82. The topological polar surface area (TPSA) is 92.0 Å². The lowest BCUT2D eigenvalue weighted by Gasteiger charge is -2.27. The summed E-state index contributed by atoms with van der Waals surface area (Å²) in [6.07, 6.45) is 3.84. The molecule has 31 heavy (non-hydrogen) atoms. The molecule has 4 aromatic rings. The normalized spacial score (nSPS) is 15.0. The van der Waals surface area contributed by atoms with E-state index in [0.717, 1.165) is 72.2 Å². The molecule has 0 bridgehead atoms. The second-order valence-corrected chi connectivity index (χ2v) is 7.86. The van der Waals surface area contributed by atoms with E-state index < -0.39 is 0 Å². The predicted molar refractivity (Wildman–Crippen MR) is 118 cm³/mol. The van der Waals surface area contributed by atoms with Crippen LogP contribution in [-0.2, 0) is 22.6 Å². The summed E-state index contributed by atoms with van der Waals surface area (Å²) in [6.45, 7) is 7.02. The first-order chi connectivity index (χ1) is 15.2. The molecule has 1 fully saturated rings. The Hall–Kier alpha value is -3.07. The molecule has 160 valence electrons. The monoisotopic (exact) mass is 418 g/mol. The number of aromatic amines is 2. The Morgan fingerprint density at radius 1 is 1.16 bits per heavy atom. The number of ether oxygens (including phenoxy) is 2. The van der Waals surface area contributed by atoms with Crippen molar-refractivity contribution in [1.29, 1.82) is 0 Å². The zero-order chi connectivity index (χ0) is 21.2. The average Bonchev–Trinajstić information content (AvgIpc) is 3.44. The van der Waals surface area contributed by atoms with E-state index >= 15 is 0 Å². The zero-order valence-electron chi connectivity index (χ0n) is 17.8. The molecule has 0 atom stereocenters. The van der Waals surface area contributed by atoms with Gasteiger partial charge in [-0.15, -0.1) is 0 Å². The molecule has 0 unspecified atom stereocenters. The number of nitrogens with zero attached hydrogens (tertiary/aromatic N) is 4. The third kappa shape index (κ3) is 3.97. The summed E-state index contributed by atoms with van der Waals surface area (Å²) < 4.78 is 10.8. The molecule has 1 saturated heterocycles. The van der Waals surface area contributed by atoms with Gasteiger partial charge in [0.25, 0.3) is 0 Å². The van der Waals surface area contributed by atoms with Crippen LogP contribution in [0.25, 0.3) is 33.8 Å². The van der Waals surface area contributed by atoms with Crippen molar-refractivity contribution in [3.8, 4) is 22.8 Å². The molecule has 0 saturated carbocycles. The van der Waals surface area contributed by atoms with Crippen molar-refractivity contribution in [2.45, 2.75) is 20.1 Å². The van der Waals surface area contributed by atoms with Crippen molar-refractivity contribution >= 4 is 11.0 Å². The zero-order valence-corrected chi connectivity index (χ0v) is 17.8. The van der Waals surface area contributed by atoms with E-state index in [2.05, 4.69) is 32.0 Å². The number of hydrogen-bond donors (Lipinski definition) is 2. The number of fused-ring (bicyclic) bond motifs is 1. The van der Waals surface area contributed by atoms with Gasteiger partial charge in [0.15, 0.2) is 5.82 Å². The fraction of sp³-hybridized carbons (Fsp3) is 0.348. The van der Waals surface area contributed by atoms with E-state index in [1.807, 2.05) is 36.7 Å². The fourth-order valence-corrected chi connectivity index (χ4v) is 4.06. The minimum Gasteiger partial charge on any atom is -0.380 e. The molecule has 1 aliphatic heterocycles. The van der Waals surface area contributed by atoms with E-state index in [0.29, 0.717) is 6.61 Å². The summed E-state index contributed by atoms with van der Waals surface area (Å²) in [7, 11) is 1.69. The molecule has 0 radical (unpaired) electrons. The minimum absolute atomic E-state index is 0.524. The number of morpholine rings is 1. The number of hydrogen-bond acceptors (Lipinski definition) is 6. The number of para-hydroxylation sites is 1. The van der Waals surface area contributed by atoms with Gasteiger partial charge in [0.2, 0.25) is 0 Å². The van der Waals surface area contributed by atoms with Crippen LogP contribution in [0.1, 0.15) is 16.7 Å². The number of nitrogens with one attached hydrogen (secondary N) is 2. The van der Waals surface area contributed by atoms with Crippen LogP contribution in [0.4, 0.5) is 0 Å². The van der Waals surface area contributed by atoms with Crippen molar-refractivity contribution in [3.05, 3.63) is 53.3 Å². The van der Waals surface area contributed by atoms with Gasteiger partial charge in [0.1, 0.15) is 5.69 Å². The van der Waals surface area contributed by atoms with Gasteiger partial charge in [-0.3, -0.25) is 15.0 Å². The van der Waals surface area contributed by atoms with Gasteiger partial charge in [-0.25, -0.2) is 4.98 Å². The minimum atomic E-state index is 0.524. The average molecular weight is 419 g/mol. The summed E-state index contributed by atoms with van der Waals surface area (Å²) in [4.78, 5) is 15.1. The summed E-state index contributed by atoms with van der Waals surface area (Å²) >= 11 is 0. The highest BCUT2D eigenvalue weighted by Gasteiger charge is 2.17. The molecule has 1 aliphatic rings. The number of pyridine rings is 1. The summed E-state index contributed by atoms with van der Waals surface area (Å²) in [6, 6.07) is 8.08. The number of methoxy groups -OCH3 is 1. The Morgan fingerprint density at radius 3 is 2.87 bits per heavy atom. The maximum Gasteiger partial charge on any atom is 0.156 e. The van der Waals surface area contributed by atoms with Crippen LogP contribution in [0.5, 0.6) is 0 Å². The summed E-state index contributed by atoms with van der Waals surface area (Å²) in [5.74, 6) is 0.757. The van der Waals surface area contributed by atoms with Crippen LogP contribution in [0.3, 0.4) is 0 Å². The fourth-order valence-electron chi connectivity index (χ4n) is 4.06. The van der Waals surface area contributed by atoms with Gasteiger partial charge < -0.3 is 14.5 Å². The van der Waals surface area contributed by atoms with Gasteiger partial charge >= 0.3 is 0 Å². The van der Waals surface area contributed by atoms with Crippen LogP contribution in [0.2, 0.25) is 0 Å². The van der Waals surface area contributed by atoms with Gasteiger partial charge in [-0.05, 0) is 30.2 Å². The van der Waals surface area contributed by atoms with Crippen LogP contribution in [-0.4, -0.2) is 63.5 Å². The Balaban J connectivity index is 1.44. The third-order valence-electron chi connectivity index (χ3n) is 5.82. The summed E-state index contributed by atoms with van der Waals surface area (Å²) in [5, 5.41) is 7.69. The Morgan fingerprint density at radius 2 is 2.03 bits per heavy atom. The van der Waals surface area contributed by atoms with E-state index in [1.54, 1.807) is 7.11 Å². The van der Waals surface area contributed by atoms with Gasteiger partial charge in [0, 0.05) is 50.3 Å². The van der Waals surface area contributed by atoms with Crippen molar-refractivity contribution in [1.82, 2.24) is 30.0 Å². The van der Waals surface area contributed by atoms with Crippen molar-refractivity contribution in [3.63, 3.8) is 0 Å². The van der Waals surface area contributed by atoms with E-state index in [-0.39, 0.29) is 0 Å². The molecule has 0 amide bonds. The number of rotatable bonds is 6. The Bertz CT molecular complexity index is 1190. The molecule has 5 rings (SSSR count). The maximum absolute atomic E-state index is 5.46. The number of H-pyrrole nitrogens is 2. The van der Waals surface area contributed by atoms with Crippen LogP contribution in [0, 0.1) is 6.92 Å². The Kier molecular flexibility index (Phi) is 5.50. The van der Waals surface area contributed by atoms with Gasteiger partial charge in [-0.1, -0.05) is 12.1 Å². The first-order valence-electron chi connectivity index (χ1n) is 10.5. The second-order valence-electron chi connectivity index (χ2n) is 7.86. The number of benzene rings is 1. The molecule has 0 spiro atoms. The summed E-state index contributed by atoms with van der Waals surface area (Å²) in [5.41, 5.74) is 8.10. The maximum atomic E-state index is 5.46. The molecule has 4 heterocycles. The quantitative estimate of drug-likeness (QED) is 0.499. The van der Waals surface area contributed by atoms with Crippen molar-refractivity contribution < 1.29 is 9.47 Å².